The van der Waals surface area contributed by atoms with Gasteiger partial charge in [-0.05, 0) is 11.6 Å². The molecule has 1 aliphatic rings. The van der Waals surface area contributed by atoms with Gasteiger partial charge in [0.2, 0.25) is 0 Å². The number of nitrogens with zero attached hydrogens (tertiary/aromatic N) is 2. The number of carbonyl (C=O) groups is 3. The molecule has 4 amide bonds. The highest BCUT2D eigenvalue weighted by Crippen LogP contribution is 2.17. The van der Waals surface area contributed by atoms with Gasteiger partial charge in [0.15, 0.2) is 0 Å². The van der Waals surface area contributed by atoms with Crippen LogP contribution >= 0.6 is 0 Å². The van der Waals surface area contributed by atoms with Crippen LogP contribution in [0.4, 0.5) is 9.18 Å². The lowest BCUT2D eigenvalue weighted by Crippen LogP contribution is -2.31. The summed E-state index contributed by atoms with van der Waals surface area (Å²) in [6.07, 6.45) is 0. The number of urea groups is 1. The quantitative estimate of drug-likeness (QED) is 0.625. The summed E-state index contributed by atoms with van der Waals surface area (Å²) in [5, 5.41) is 0. The maximum absolute atomic E-state index is 13.7. The van der Waals surface area contributed by atoms with Gasteiger partial charge in [0.25, 0.3) is 0 Å². The molecule has 6 nitrogen and oxygen atoms in total. The van der Waals surface area contributed by atoms with Crippen LogP contribution in [0.3, 0.4) is 0 Å². The predicted molar refractivity (Wildman–Crippen MR) is 63.0 cm³/mol. The molecular formula is C12H12FN3O3. The number of rotatable bonds is 3. The number of amides is 4. The van der Waals surface area contributed by atoms with Gasteiger partial charge in [0, 0.05) is 19.2 Å². The lowest BCUT2D eigenvalue weighted by molar-refractivity contribution is -0.143. The maximum Gasteiger partial charge on any atom is 0.334 e. The van der Waals surface area contributed by atoms with E-state index in [1.165, 1.54) is 19.2 Å². The van der Waals surface area contributed by atoms with E-state index in [2.05, 4.69) is 0 Å². The average Bonchev–Trinajstić information content (AvgIpc) is 2.58. The molecule has 0 spiro atoms. The van der Waals surface area contributed by atoms with E-state index in [1.54, 1.807) is 6.07 Å². The second kappa shape index (κ2) is 4.77. The Morgan fingerprint density at radius 3 is 2.37 bits per heavy atom. The molecule has 0 bridgehead atoms. The minimum atomic E-state index is -0.949. The van der Waals surface area contributed by atoms with Gasteiger partial charge in [0.1, 0.15) is 5.82 Å². The Kier molecular flexibility index (Phi) is 3.30. The number of imide groups is 2. The lowest BCUT2D eigenvalue weighted by atomic mass is 10.1. The van der Waals surface area contributed by atoms with Crippen LogP contribution < -0.4 is 5.73 Å². The second-order valence-electron chi connectivity index (χ2n) is 4.17. The fraction of sp³-hybridized carbons (Fsp3) is 0.250. The van der Waals surface area contributed by atoms with E-state index in [9.17, 15) is 18.8 Å². The fourth-order valence-electron chi connectivity index (χ4n) is 1.77. The first-order chi connectivity index (χ1) is 8.95. The number of hydrogen-bond donors (Lipinski definition) is 1. The van der Waals surface area contributed by atoms with E-state index in [0.29, 0.717) is 15.4 Å². The first-order valence-corrected chi connectivity index (χ1v) is 5.56. The topological polar surface area (TPSA) is 83.7 Å². The van der Waals surface area contributed by atoms with Gasteiger partial charge in [-0.25, -0.2) is 9.18 Å². The Hall–Kier alpha value is -2.28. The van der Waals surface area contributed by atoms with Gasteiger partial charge >= 0.3 is 17.8 Å². The Morgan fingerprint density at radius 2 is 1.89 bits per heavy atom. The summed E-state index contributed by atoms with van der Waals surface area (Å²) in [7, 11) is 1.20. The minimum Gasteiger partial charge on any atom is -0.326 e. The summed E-state index contributed by atoms with van der Waals surface area (Å²) >= 11 is 0. The molecule has 19 heavy (non-hydrogen) atoms. The number of likely N-dealkylation sites (N-methyl/N-ethyl adjacent to an activating group) is 1. The fourth-order valence-corrected chi connectivity index (χ4v) is 1.77. The van der Waals surface area contributed by atoms with Crippen molar-refractivity contribution >= 4 is 17.8 Å². The SMILES string of the molecule is CN1C(=O)C(=O)N(Cc2ccc(CN)cc2F)C1=O. The van der Waals surface area contributed by atoms with Crippen LogP contribution in [0.1, 0.15) is 11.1 Å². The Morgan fingerprint density at radius 1 is 1.21 bits per heavy atom. The molecule has 1 saturated heterocycles. The number of halogens is 1. The smallest absolute Gasteiger partial charge is 0.326 e. The zero-order valence-corrected chi connectivity index (χ0v) is 10.2. The Bertz CT molecular complexity index is 573. The third kappa shape index (κ3) is 2.19. The van der Waals surface area contributed by atoms with Crippen molar-refractivity contribution in [1.29, 1.82) is 0 Å². The molecule has 1 fully saturated rings. The van der Waals surface area contributed by atoms with E-state index in [1.807, 2.05) is 0 Å². The zero-order valence-electron chi connectivity index (χ0n) is 10.2. The summed E-state index contributed by atoms with van der Waals surface area (Å²) in [5.74, 6) is -2.43. The summed E-state index contributed by atoms with van der Waals surface area (Å²) in [6, 6.07) is 3.54. The molecule has 0 unspecified atom stereocenters. The summed E-state index contributed by atoms with van der Waals surface area (Å²) in [6.45, 7) is -0.0789. The van der Waals surface area contributed by atoms with Crippen molar-refractivity contribution in [1.82, 2.24) is 9.80 Å². The highest BCUT2D eigenvalue weighted by Gasteiger charge is 2.42. The van der Waals surface area contributed by atoms with Crippen molar-refractivity contribution in [2.75, 3.05) is 7.05 Å². The van der Waals surface area contributed by atoms with Crippen molar-refractivity contribution in [3.63, 3.8) is 0 Å². The lowest BCUT2D eigenvalue weighted by Gasteiger charge is -2.13. The number of carbonyl (C=O) groups excluding carboxylic acids is 3. The molecule has 0 aromatic heterocycles. The highest BCUT2D eigenvalue weighted by atomic mass is 19.1. The second-order valence-corrected chi connectivity index (χ2v) is 4.17. The maximum atomic E-state index is 13.7. The molecule has 2 N–H and O–H groups in total. The largest absolute Gasteiger partial charge is 0.334 e. The van der Waals surface area contributed by atoms with Crippen molar-refractivity contribution in [3.05, 3.63) is 35.1 Å². The molecule has 7 heteroatoms. The van der Waals surface area contributed by atoms with Gasteiger partial charge in [-0.15, -0.1) is 0 Å². The van der Waals surface area contributed by atoms with Crippen LogP contribution in [0.5, 0.6) is 0 Å². The normalized spacial score (nSPS) is 15.6. The van der Waals surface area contributed by atoms with Crippen molar-refractivity contribution in [3.8, 4) is 0 Å². The monoisotopic (exact) mass is 265 g/mol. The van der Waals surface area contributed by atoms with Gasteiger partial charge in [0.05, 0.1) is 6.54 Å². The van der Waals surface area contributed by atoms with Crippen LogP contribution in [0, 0.1) is 5.82 Å². The van der Waals surface area contributed by atoms with Gasteiger partial charge < -0.3 is 5.73 Å². The van der Waals surface area contributed by atoms with Gasteiger partial charge in [-0.2, -0.15) is 0 Å². The number of benzene rings is 1. The molecule has 0 aliphatic carbocycles. The van der Waals surface area contributed by atoms with Crippen LogP contribution in [-0.4, -0.2) is 34.7 Å². The van der Waals surface area contributed by atoms with Gasteiger partial charge in [-0.1, -0.05) is 12.1 Å². The van der Waals surface area contributed by atoms with Crippen LogP contribution in [0.15, 0.2) is 18.2 Å². The highest BCUT2D eigenvalue weighted by molar-refractivity contribution is 6.44. The standard InChI is InChI=1S/C12H12FN3O3/c1-15-10(17)11(18)16(12(15)19)6-8-3-2-7(5-14)4-9(8)13/h2-4H,5-6,14H2,1H3. The Labute approximate surface area is 108 Å². The van der Waals surface area contributed by atoms with E-state index in [4.69, 9.17) is 5.73 Å². The molecule has 0 radical (unpaired) electrons. The summed E-state index contributed by atoms with van der Waals surface area (Å²) in [4.78, 5) is 35.9. The third-order valence-corrected chi connectivity index (χ3v) is 2.93. The molecule has 0 saturated carbocycles. The van der Waals surface area contributed by atoms with Crippen molar-refractivity contribution < 1.29 is 18.8 Å². The predicted octanol–water partition coefficient (Wildman–Crippen LogP) is 0.205. The van der Waals surface area contributed by atoms with E-state index in [0.717, 1.165) is 0 Å². The summed E-state index contributed by atoms with van der Waals surface area (Å²) < 4.78 is 13.7. The van der Waals surface area contributed by atoms with Crippen molar-refractivity contribution in [2.45, 2.75) is 13.1 Å². The summed E-state index contributed by atoms with van der Waals surface area (Å²) in [5.41, 5.74) is 6.14. The molecule has 0 atom stereocenters. The third-order valence-electron chi connectivity index (χ3n) is 2.93. The average molecular weight is 265 g/mol. The molecule has 2 rings (SSSR count). The molecule has 1 heterocycles. The Balaban J connectivity index is 2.25. The molecule has 100 valence electrons. The first kappa shape index (κ1) is 13.2. The van der Waals surface area contributed by atoms with Crippen LogP contribution in [0.25, 0.3) is 0 Å². The minimum absolute atomic E-state index is 0.155. The van der Waals surface area contributed by atoms with E-state index < -0.39 is 23.7 Å². The van der Waals surface area contributed by atoms with Crippen LogP contribution in [0.2, 0.25) is 0 Å². The molecule has 1 aromatic rings. The molecule has 1 aliphatic heterocycles. The van der Waals surface area contributed by atoms with Gasteiger partial charge in [-0.3, -0.25) is 19.4 Å². The van der Waals surface area contributed by atoms with Crippen molar-refractivity contribution in [2.24, 2.45) is 5.73 Å². The zero-order chi connectivity index (χ0) is 14.2. The van der Waals surface area contributed by atoms with E-state index >= 15 is 0 Å². The van der Waals surface area contributed by atoms with E-state index in [-0.39, 0.29) is 18.7 Å². The number of nitrogens with two attached hydrogens (primary N) is 1. The molecule has 1 aromatic carbocycles. The number of hydrogen-bond acceptors (Lipinski definition) is 4. The molecular weight excluding hydrogens is 253 g/mol. The first-order valence-electron chi connectivity index (χ1n) is 5.56. The van der Waals surface area contributed by atoms with Crippen LogP contribution in [-0.2, 0) is 22.7 Å².